The van der Waals surface area contributed by atoms with Crippen molar-refractivity contribution in [1.82, 2.24) is 10.2 Å². The highest BCUT2D eigenvalue weighted by molar-refractivity contribution is 7.99. The average Bonchev–Trinajstić information content (AvgIpc) is 3.05. The van der Waals surface area contributed by atoms with Gasteiger partial charge in [-0.05, 0) is 50.2 Å². The Hall–Kier alpha value is -1.49. The molecule has 5 heteroatoms. The minimum Gasteiger partial charge on any atom is -0.338 e. The summed E-state index contributed by atoms with van der Waals surface area (Å²) in [5.74, 6) is 0.723. The van der Waals surface area contributed by atoms with Crippen LogP contribution in [0, 0.1) is 5.92 Å². The summed E-state index contributed by atoms with van der Waals surface area (Å²) in [6.45, 7) is 2.68. The van der Waals surface area contributed by atoms with Gasteiger partial charge in [-0.3, -0.25) is 4.79 Å². The maximum Gasteiger partial charge on any atom is 0.255 e. The number of nitrogens with one attached hydrogen (secondary N) is 1. The third-order valence-electron chi connectivity index (χ3n) is 4.15. The first-order valence-electron chi connectivity index (χ1n) is 8.03. The van der Waals surface area contributed by atoms with Crippen LogP contribution in [0.1, 0.15) is 16.8 Å². The lowest BCUT2D eigenvalue weighted by atomic mass is 10.1. The van der Waals surface area contributed by atoms with Gasteiger partial charge in [0.25, 0.3) is 5.91 Å². The van der Waals surface area contributed by atoms with Crippen molar-refractivity contribution in [3.63, 3.8) is 0 Å². The zero-order valence-corrected chi connectivity index (χ0v) is 15.4. The second-order valence-corrected chi connectivity index (χ2v) is 6.99. The predicted molar refractivity (Wildman–Crippen MR) is 102 cm³/mol. The molecule has 2 aromatic carbocycles. The summed E-state index contributed by atoms with van der Waals surface area (Å²) in [5, 5.41) is 3.21. The maximum atomic E-state index is 12.9. The van der Waals surface area contributed by atoms with Crippen LogP contribution < -0.4 is 5.32 Å². The standard InChI is InChI=1S/C19H22N2OS.ClH/c1-20-13-15-11-12-21(14-15)19(22)17-9-5-6-10-18(17)23-16-7-3-2-4-8-16;/h2-10,15,20H,11-14H2,1H3;1H. The highest BCUT2D eigenvalue weighted by atomic mass is 35.5. The van der Waals surface area contributed by atoms with E-state index in [9.17, 15) is 4.79 Å². The van der Waals surface area contributed by atoms with E-state index >= 15 is 0 Å². The van der Waals surface area contributed by atoms with Crippen LogP contribution in [-0.2, 0) is 0 Å². The van der Waals surface area contributed by atoms with Gasteiger partial charge in [-0.15, -0.1) is 12.4 Å². The predicted octanol–water partition coefficient (Wildman–Crippen LogP) is 3.94. The first-order valence-corrected chi connectivity index (χ1v) is 8.85. The van der Waals surface area contributed by atoms with Crippen molar-refractivity contribution >= 4 is 30.1 Å². The smallest absolute Gasteiger partial charge is 0.255 e. The molecule has 1 amide bonds. The fourth-order valence-electron chi connectivity index (χ4n) is 2.99. The van der Waals surface area contributed by atoms with Crippen molar-refractivity contribution in [3.05, 3.63) is 60.2 Å². The van der Waals surface area contributed by atoms with Crippen LogP contribution in [0.25, 0.3) is 0 Å². The van der Waals surface area contributed by atoms with E-state index in [4.69, 9.17) is 0 Å². The van der Waals surface area contributed by atoms with Crippen LogP contribution in [0.15, 0.2) is 64.4 Å². The molecule has 3 nitrogen and oxygen atoms in total. The van der Waals surface area contributed by atoms with Crippen molar-refractivity contribution in [2.75, 3.05) is 26.7 Å². The minimum absolute atomic E-state index is 0. The van der Waals surface area contributed by atoms with Crippen molar-refractivity contribution < 1.29 is 4.79 Å². The highest BCUT2D eigenvalue weighted by Crippen LogP contribution is 2.31. The lowest BCUT2D eigenvalue weighted by Gasteiger charge is -2.18. The van der Waals surface area contributed by atoms with Crippen molar-refractivity contribution in [2.45, 2.75) is 16.2 Å². The molecule has 1 saturated heterocycles. The second-order valence-electron chi connectivity index (χ2n) is 5.87. The SMILES string of the molecule is CNCC1CCN(C(=O)c2ccccc2Sc2ccccc2)C1.Cl. The van der Waals surface area contributed by atoms with Gasteiger partial charge in [0.05, 0.1) is 5.56 Å². The first kappa shape index (κ1) is 18.8. The molecule has 1 atom stereocenters. The zero-order valence-electron chi connectivity index (χ0n) is 13.8. The largest absolute Gasteiger partial charge is 0.338 e. The molecule has 1 heterocycles. The van der Waals surface area contributed by atoms with E-state index in [1.807, 2.05) is 54.4 Å². The molecule has 0 spiro atoms. The van der Waals surface area contributed by atoms with Crippen molar-refractivity contribution in [3.8, 4) is 0 Å². The fraction of sp³-hybridized carbons (Fsp3) is 0.316. The normalized spacial score (nSPS) is 16.7. The number of halogens is 1. The first-order chi connectivity index (χ1) is 11.3. The lowest BCUT2D eigenvalue weighted by molar-refractivity contribution is 0.0784. The molecule has 3 rings (SSSR count). The highest BCUT2D eigenvalue weighted by Gasteiger charge is 2.27. The second kappa shape index (κ2) is 9.11. The Bertz CT molecular complexity index is 665. The molecule has 1 aliphatic heterocycles. The molecule has 1 aliphatic rings. The quantitative estimate of drug-likeness (QED) is 0.874. The fourth-order valence-corrected chi connectivity index (χ4v) is 3.95. The van der Waals surface area contributed by atoms with Crippen LogP contribution >= 0.6 is 24.2 Å². The number of carbonyl (C=O) groups excluding carboxylic acids is 1. The Morgan fingerprint density at radius 1 is 1.17 bits per heavy atom. The molecule has 0 saturated carbocycles. The number of likely N-dealkylation sites (tertiary alicyclic amines) is 1. The van der Waals surface area contributed by atoms with Gasteiger partial charge in [-0.25, -0.2) is 0 Å². The Morgan fingerprint density at radius 2 is 1.88 bits per heavy atom. The molecular weight excluding hydrogens is 340 g/mol. The number of carbonyl (C=O) groups is 1. The number of hydrogen-bond donors (Lipinski definition) is 1. The summed E-state index contributed by atoms with van der Waals surface area (Å²) in [6.07, 6.45) is 1.08. The third-order valence-corrected chi connectivity index (χ3v) is 5.24. The maximum absolute atomic E-state index is 12.9. The van der Waals surface area contributed by atoms with Gasteiger partial charge < -0.3 is 10.2 Å². The molecular formula is C19H23ClN2OS. The van der Waals surface area contributed by atoms with Gasteiger partial charge in [-0.1, -0.05) is 42.1 Å². The van der Waals surface area contributed by atoms with Gasteiger partial charge in [0, 0.05) is 22.9 Å². The summed E-state index contributed by atoms with van der Waals surface area (Å²) in [7, 11) is 1.97. The molecule has 1 N–H and O–H groups in total. The van der Waals surface area contributed by atoms with E-state index in [0.717, 1.165) is 41.4 Å². The Kier molecular flexibility index (Phi) is 7.16. The van der Waals surface area contributed by atoms with Gasteiger partial charge >= 0.3 is 0 Å². The molecule has 0 bridgehead atoms. The van der Waals surface area contributed by atoms with Crippen molar-refractivity contribution in [2.24, 2.45) is 5.92 Å². The van der Waals surface area contributed by atoms with Crippen LogP contribution in [0.5, 0.6) is 0 Å². The number of nitrogens with zero attached hydrogens (tertiary/aromatic N) is 1. The van der Waals surface area contributed by atoms with E-state index < -0.39 is 0 Å². The topological polar surface area (TPSA) is 32.3 Å². The van der Waals surface area contributed by atoms with Crippen molar-refractivity contribution in [1.29, 1.82) is 0 Å². The molecule has 0 aliphatic carbocycles. The van der Waals surface area contributed by atoms with E-state index in [2.05, 4.69) is 17.4 Å². The van der Waals surface area contributed by atoms with Gasteiger partial charge in [-0.2, -0.15) is 0 Å². The van der Waals surface area contributed by atoms with Gasteiger partial charge in [0.2, 0.25) is 0 Å². The van der Waals surface area contributed by atoms with Crippen LogP contribution in [0.4, 0.5) is 0 Å². The Balaban J connectivity index is 0.00000208. The molecule has 24 heavy (non-hydrogen) atoms. The summed E-state index contributed by atoms with van der Waals surface area (Å²) in [5.41, 5.74) is 0.812. The summed E-state index contributed by atoms with van der Waals surface area (Å²) < 4.78 is 0. The van der Waals surface area contributed by atoms with Crippen LogP contribution in [-0.4, -0.2) is 37.5 Å². The molecule has 0 radical (unpaired) electrons. The molecule has 128 valence electrons. The summed E-state index contributed by atoms with van der Waals surface area (Å²) in [4.78, 5) is 17.1. The molecule has 1 unspecified atom stereocenters. The zero-order chi connectivity index (χ0) is 16.1. The molecule has 1 fully saturated rings. The lowest BCUT2D eigenvalue weighted by Crippen LogP contribution is -2.30. The summed E-state index contributed by atoms with van der Waals surface area (Å²) >= 11 is 1.65. The third kappa shape index (κ3) is 4.53. The van der Waals surface area contributed by atoms with Crippen LogP contribution in [0.2, 0.25) is 0 Å². The summed E-state index contributed by atoms with van der Waals surface area (Å²) in [6, 6.07) is 18.1. The Labute approximate surface area is 154 Å². The van der Waals surface area contributed by atoms with E-state index in [1.54, 1.807) is 11.8 Å². The van der Waals surface area contributed by atoms with Gasteiger partial charge in [0.1, 0.15) is 0 Å². The minimum atomic E-state index is 0. The number of hydrogen-bond acceptors (Lipinski definition) is 3. The van der Waals surface area contributed by atoms with Crippen LogP contribution in [0.3, 0.4) is 0 Å². The Morgan fingerprint density at radius 3 is 2.62 bits per heavy atom. The molecule has 2 aromatic rings. The number of benzene rings is 2. The monoisotopic (exact) mass is 362 g/mol. The van der Waals surface area contributed by atoms with E-state index in [-0.39, 0.29) is 18.3 Å². The average molecular weight is 363 g/mol. The number of amides is 1. The van der Waals surface area contributed by atoms with E-state index in [1.165, 1.54) is 0 Å². The molecule has 0 aromatic heterocycles. The van der Waals surface area contributed by atoms with Gasteiger partial charge in [0.15, 0.2) is 0 Å². The number of rotatable bonds is 5. The van der Waals surface area contributed by atoms with E-state index in [0.29, 0.717) is 5.92 Å².